The van der Waals surface area contributed by atoms with E-state index >= 15 is 0 Å². The Hall–Kier alpha value is -2.58. The van der Waals surface area contributed by atoms with E-state index in [0.29, 0.717) is 36.7 Å². The maximum atomic E-state index is 12.3. The van der Waals surface area contributed by atoms with E-state index < -0.39 is 5.69 Å². The van der Waals surface area contributed by atoms with Crippen LogP contribution in [0.25, 0.3) is 11.2 Å². The molecule has 1 N–H and O–H groups in total. The standard InChI is InChI=1S/C16H23N5O4/c1-4-11(22)25-9-10-6-5-7-21(8-10)15-17-12-13(18-15)19(2)16(24)20(3)14(12)23/h10H,4-9H2,1-3H3,(H,17,18). The Morgan fingerprint density at radius 2 is 2.08 bits per heavy atom. The SMILES string of the molecule is CCC(=O)OCC1CCCN(c2nc3c([nH]2)c(=O)n(C)c(=O)n3C)C1. The number of hydrogen-bond acceptors (Lipinski definition) is 6. The molecule has 1 aliphatic heterocycles. The van der Waals surface area contributed by atoms with Crippen molar-refractivity contribution < 1.29 is 9.53 Å². The maximum Gasteiger partial charge on any atom is 0.332 e. The first-order valence-electron chi connectivity index (χ1n) is 8.48. The monoisotopic (exact) mass is 349 g/mol. The van der Waals surface area contributed by atoms with Gasteiger partial charge in [0.05, 0.1) is 6.61 Å². The van der Waals surface area contributed by atoms with E-state index in [9.17, 15) is 14.4 Å². The zero-order chi connectivity index (χ0) is 18.1. The number of aryl methyl sites for hydroxylation is 1. The zero-order valence-corrected chi connectivity index (χ0v) is 14.7. The molecule has 0 aromatic carbocycles. The number of fused-ring (bicyclic) bond motifs is 1. The van der Waals surface area contributed by atoms with Gasteiger partial charge in [0.15, 0.2) is 11.2 Å². The molecular weight excluding hydrogens is 326 g/mol. The number of esters is 1. The minimum atomic E-state index is -0.404. The smallest absolute Gasteiger partial charge is 0.332 e. The first-order valence-corrected chi connectivity index (χ1v) is 8.48. The van der Waals surface area contributed by atoms with Crippen LogP contribution in [-0.4, -0.2) is 44.8 Å². The topological polar surface area (TPSA) is 102 Å². The number of nitrogens with zero attached hydrogens (tertiary/aromatic N) is 4. The van der Waals surface area contributed by atoms with Crippen molar-refractivity contribution in [1.29, 1.82) is 0 Å². The third kappa shape index (κ3) is 3.18. The number of rotatable bonds is 4. The third-order valence-electron chi connectivity index (χ3n) is 4.67. The summed E-state index contributed by atoms with van der Waals surface area (Å²) in [4.78, 5) is 45.2. The van der Waals surface area contributed by atoms with E-state index in [1.165, 1.54) is 11.6 Å². The number of anilines is 1. The summed E-state index contributed by atoms with van der Waals surface area (Å²) in [6.45, 7) is 3.65. The van der Waals surface area contributed by atoms with E-state index in [4.69, 9.17) is 4.74 Å². The second-order valence-corrected chi connectivity index (χ2v) is 6.46. The van der Waals surface area contributed by atoms with Crippen molar-refractivity contribution in [1.82, 2.24) is 19.1 Å². The summed E-state index contributed by atoms with van der Waals surface area (Å²) >= 11 is 0. The van der Waals surface area contributed by atoms with Gasteiger partial charge in [-0.1, -0.05) is 6.92 Å². The molecule has 0 amide bonds. The Bertz CT molecular complexity index is 910. The maximum absolute atomic E-state index is 12.3. The molecule has 0 bridgehead atoms. The van der Waals surface area contributed by atoms with Gasteiger partial charge in [-0.3, -0.25) is 18.7 Å². The van der Waals surface area contributed by atoms with Gasteiger partial charge in [0.1, 0.15) is 0 Å². The number of imidazole rings is 1. The lowest BCUT2D eigenvalue weighted by atomic mass is 9.99. The zero-order valence-electron chi connectivity index (χ0n) is 14.7. The van der Waals surface area contributed by atoms with Gasteiger partial charge >= 0.3 is 11.7 Å². The molecule has 25 heavy (non-hydrogen) atoms. The Kier molecular flexibility index (Phi) is 4.65. The fraction of sp³-hybridized carbons (Fsp3) is 0.625. The van der Waals surface area contributed by atoms with E-state index in [1.807, 2.05) is 4.90 Å². The Morgan fingerprint density at radius 1 is 1.32 bits per heavy atom. The molecule has 0 aliphatic carbocycles. The molecule has 0 radical (unpaired) electrons. The number of carbonyl (C=O) groups excluding carboxylic acids is 1. The average Bonchev–Trinajstić information content (AvgIpc) is 3.08. The highest BCUT2D eigenvalue weighted by Gasteiger charge is 2.24. The first-order chi connectivity index (χ1) is 11.9. The van der Waals surface area contributed by atoms with Crippen molar-refractivity contribution in [3.8, 4) is 0 Å². The van der Waals surface area contributed by atoms with Crippen LogP contribution >= 0.6 is 0 Å². The van der Waals surface area contributed by atoms with Crippen LogP contribution < -0.4 is 16.1 Å². The molecule has 0 spiro atoms. The highest BCUT2D eigenvalue weighted by Crippen LogP contribution is 2.22. The van der Waals surface area contributed by atoms with Crippen molar-refractivity contribution in [3.05, 3.63) is 20.8 Å². The van der Waals surface area contributed by atoms with Gasteiger partial charge in [0.2, 0.25) is 5.95 Å². The summed E-state index contributed by atoms with van der Waals surface area (Å²) in [5.41, 5.74) is -0.123. The number of carbonyl (C=O) groups is 1. The van der Waals surface area contributed by atoms with Crippen LogP contribution in [0.3, 0.4) is 0 Å². The predicted octanol–water partition coefficient (Wildman–Crippen LogP) is 0.130. The number of piperidine rings is 1. The number of nitrogens with one attached hydrogen (secondary N) is 1. The van der Waals surface area contributed by atoms with Crippen LogP contribution in [0, 0.1) is 5.92 Å². The predicted molar refractivity (Wildman–Crippen MR) is 92.8 cm³/mol. The van der Waals surface area contributed by atoms with Gasteiger partial charge in [0.25, 0.3) is 5.56 Å². The van der Waals surface area contributed by atoms with Crippen LogP contribution in [0.1, 0.15) is 26.2 Å². The van der Waals surface area contributed by atoms with Gasteiger partial charge in [-0.2, -0.15) is 4.98 Å². The molecule has 1 fully saturated rings. The first kappa shape index (κ1) is 17.2. The fourth-order valence-corrected chi connectivity index (χ4v) is 3.17. The van der Waals surface area contributed by atoms with E-state index in [0.717, 1.165) is 24.0 Å². The molecule has 1 aliphatic rings. The Labute approximate surface area is 144 Å². The molecule has 9 heteroatoms. The van der Waals surface area contributed by atoms with Crippen LogP contribution in [0.5, 0.6) is 0 Å². The minimum absolute atomic E-state index is 0.195. The summed E-state index contributed by atoms with van der Waals surface area (Å²) < 4.78 is 7.67. The molecular formula is C16H23N5O4. The molecule has 0 saturated carbocycles. The van der Waals surface area contributed by atoms with Crippen molar-refractivity contribution in [2.45, 2.75) is 26.2 Å². The highest BCUT2D eigenvalue weighted by molar-refractivity contribution is 5.73. The molecule has 2 aromatic heterocycles. The Morgan fingerprint density at radius 3 is 2.80 bits per heavy atom. The molecule has 136 valence electrons. The molecule has 1 atom stereocenters. The summed E-state index contributed by atoms with van der Waals surface area (Å²) in [5.74, 6) is 0.600. The number of H-pyrrole nitrogens is 1. The van der Waals surface area contributed by atoms with Gasteiger partial charge in [-0.15, -0.1) is 0 Å². The molecule has 1 saturated heterocycles. The number of hydrogen-bond donors (Lipinski definition) is 1. The van der Waals surface area contributed by atoms with E-state index in [-0.39, 0.29) is 17.4 Å². The summed E-state index contributed by atoms with van der Waals surface area (Å²) in [6.07, 6.45) is 2.30. The van der Waals surface area contributed by atoms with E-state index in [1.54, 1.807) is 14.0 Å². The van der Waals surface area contributed by atoms with Crippen LogP contribution in [-0.2, 0) is 23.6 Å². The third-order valence-corrected chi connectivity index (χ3v) is 4.67. The summed E-state index contributed by atoms with van der Waals surface area (Å²) in [6, 6.07) is 0. The summed E-state index contributed by atoms with van der Waals surface area (Å²) in [7, 11) is 3.04. The molecule has 9 nitrogen and oxygen atoms in total. The fourth-order valence-electron chi connectivity index (χ4n) is 3.17. The molecule has 1 unspecified atom stereocenters. The molecule has 2 aromatic rings. The minimum Gasteiger partial charge on any atom is -0.465 e. The number of ether oxygens (including phenoxy) is 1. The Balaban J connectivity index is 1.85. The van der Waals surface area contributed by atoms with Crippen molar-refractivity contribution >= 4 is 23.1 Å². The normalized spacial score (nSPS) is 17.9. The van der Waals surface area contributed by atoms with Crippen molar-refractivity contribution in [2.75, 3.05) is 24.6 Å². The van der Waals surface area contributed by atoms with Crippen molar-refractivity contribution in [3.63, 3.8) is 0 Å². The number of aromatic nitrogens is 4. The molecule has 3 heterocycles. The number of aromatic amines is 1. The van der Waals surface area contributed by atoms with Gasteiger partial charge in [-0.05, 0) is 12.8 Å². The van der Waals surface area contributed by atoms with Gasteiger partial charge < -0.3 is 14.6 Å². The van der Waals surface area contributed by atoms with Crippen molar-refractivity contribution in [2.24, 2.45) is 20.0 Å². The second-order valence-electron chi connectivity index (χ2n) is 6.46. The average molecular weight is 349 g/mol. The lowest BCUT2D eigenvalue weighted by molar-refractivity contribution is -0.144. The summed E-state index contributed by atoms with van der Waals surface area (Å²) in [5, 5.41) is 0. The van der Waals surface area contributed by atoms with Gasteiger partial charge in [-0.25, -0.2) is 4.79 Å². The lowest BCUT2D eigenvalue weighted by Gasteiger charge is -2.32. The second kappa shape index (κ2) is 6.73. The van der Waals surface area contributed by atoms with Crippen LogP contribution in [0.4, 0.5) is 5.95 Å². The van der Waals surface area contributed by atoms with Gasteiger partial charge in [0, 0.05) is 39.5 Å². The highest BCUT2D eigenvalue weighted by atomic mass is 16.5. The molecule has 3 rings (SSSR count). The van der Waals surface area contributed by atoms with E-state index in [2.05, 4.69) is 9.97 Å². The lowest BCUT2D eigenvalue weighted by Crippen LogP contribution is -2.38. The van der Waals surface area contributed by atoms with Crippen LogP contribution in [0.2, 0.25) is 0 Å². The van der Waals surface area contributed by atoms with Crippen LogP contribution in [0.15, 0.2) is 9.59 Å². The quantitative estimate of drug-likeness (QED) is 0.787. The largest absolute Gasteiger partial charge is 0.465 e.